The summed E-state index contributed by atoms with van der Waals surface area (Å²) in [6, 6.07) is 1.66. The molecule has 60 valence electrons. The molecule has 0 aliphatic heterocycles. The second kappa shape index (κ2) is 2.53. The van der Waals surface area contributed by atoms with Gasteiger partial charge in [-0.05, 0) is 6.07 Å². The number of rotatable bonds is 1. The highest BCUT2D eigenvalue weighted by Gasteiger charge is 2.12. The van der Waals surface area contributed by atoms with Crippen LogP contribution in [0, 0.1) is 10.1 Å². The van der Waals surface area contributed by atoms with Gasteiger partial charge >= 0.3 is 0 Å². The number of nitrogens with zero attached hydrogens (tertiary/aromatic N) is 2. The van der Waals surface area contributed by atoms with Gasteiger partial charge in [-0.25, -0.2) is 0 Å². The maximum Gasteiger partial charge on any atom is 0.287 e. The molecule has 2 aromatic rings. The van der Waals surface area contributed by atoms with Gasteiger partial charge in [0.25, 0.3) is 5.69 Å². The zero-order valence-corrected chi connectivity index (χ0v) is 6.75. The van der Waals surface area contributed by atoms with Crippen molar-refractivity contribution in [1.82, 2.24) is 4.98 Å². The zero-order chi connectivity index (χ0) is 8.55. The van der Waals surface area contributed by atoms with Crippen molar-refractivity contribution in [3.8, 4) is 0 Å². The number of thiophene rings is 1. The number of hydrogen-bond acceptors (Lipinski definition) is 4. The summed E-state index contributed by atoms with van der Waals surface area (Å²) in [5, 5.41) is 12.7. The van der Waals surface area contributed by atoms with Gasteiger partial charge in [0.2, 0.25) is 0 Å². The Hall–Kier alpha value is -1.49. The second-order valence-corrected chi connectivity index (χ2v) is 3.16. The molecule has 0 bridgehead atoms. The van der Waals surface area contributed by atoms with Crippen molar-refractivity contribution < 1.29 is 4.92 Å². The van der Waals surface area contributed by atoms with E-state index in [-0.39, 0.29) is 10.6 Å². The fraction of sp³-hybridized carbons (Fsp3) is 0. The molecule has 0 N–H and O–H groups in total. The number of fused-ring (bicyclic) bond motifs is 1. The first-order valence-corrected chi connectivity index (χ1v) is 4.12. The van der Waals surface area contributed by atoms with Gasteiger partial charge in [0.15, 0.2) is 0 Å². The Bertz CT molecular complexity index is 438. The van der Waals surface area contributed by atoms with Crippen LogP contribution in [0.15, 0.2) is 23.8 Å². The van der Waals surface area contributed by atoms with E-state index in [0.29, 0.717) is 5.39 Å². The largest absolute Gasteiger partial charge is 0.287 e. The van der Waals surface area contributed by atoms with E-state index in [1.807, 2.05) is 0 Å². The fourth-order valence-electron chi connectivity index (χ4n) is 1.01. The number of nitro groups is 1. The smallest absolute Gasteiger partial charge is 0.263 e. The average Bonchev–Trinajstić information content (AvgIpc) is 2.47. The SMILES string of the molecule is O=[N+]([O-])c1csc2cnccc12. The van der Waals surface area contributed by atoms with Crippen LogP contribution in [0.5, 0.6) is 0 Å². The van der Waals surface area contributed by atoms with Gasteiger partial charge in [-0.15, -0.1) is 11.3 Å². The predicted molar refractivity (Wildman–Crippen MR) is 46.3 cm³/mol. The highest BCUT2D eigenvalue weighted by Crippen LogP contribution is 2.30. The van der Waals surface area contributed by atoms with Crippen LogP contribution in [0.25, 0.3) is 10.1 Å². The molecular weight excluding hydrogens is 176 g/mol. The van der Waals surface area contributed by atoms with Crippen molar-refractivity contribution >= 4 is 27.1 Å². The first-order valence-electron chi connectivity index (χ1n) is 3.24. The van der Waals surface area contributed by atoms with Crippen molar-refractivity contribution in [3.63, 3.8) is 0 Å². The third-order valence-electron chi connectivity index (χ3n) is 1.55. The zero-order valence-electron chi connectivity index (χ0n) is 5.93. The van der Waals surface area contributed by atoms with Gasteiger partial charge in [0.05, 0.1) is 20.4 Å². The maximum atomic E-state index is 10.5. The molecule has 5 heteroatoms. The van der Waals surface area contributed by atoms with Crippen LogP contribution < -0.4 is 0 Å². The quantitative estimate of drug-likeness (QED) is 0.499. The molecule has 2 rings (SSSR count). The van der Waals surface area contributed by atoms with E-state index in [1.54, 1.807) is 18.5 Å². The van der Waals surface area contributed by atoms with Crippen molar-refractivity contribution in [2.45, 2.75) is 0 Å². The molecule has 0 atom stereocenters. The monoisotopic (exact) mass is 180 g/mol. The summed E-state index contributed by atoms with van der Waals surface area (Å²) in [5.41, 5.74) is 0.164. The minimum absolute atomic E-state index is 0.164. The Morgan fingerprint density at radius 3 is 3.17 bits per heavy atom. The van der Waals surface area contributed by atoms with E-state index in [1.165, 1.54) is 16.7 Å². The molecule has 4 nitrogen and oxygen atoms in total. The van der Waals surface area contributed by atoms with Gasteiger partial charge in [-0.1, -0.05) is 0 Å². The Morgan fingerprint density at radius 2 is 2.42 bits per heavy atom. The molecule has 0 amide bonds. The van der Waals surface area contributed by atoms with Crippen LogP contribution in [0.3, 0.4) is 0 Å². The Labute approximate surface area is 71.6 Å². The molecule has 2 aromatic heterocycles. The van der Waals surface area contributed by atoms with Crippen LogP contribution in [-0.2, 0) is 0 Å². The molecule has 2 heterocycles. The third kappa shape index (κ3) is 0.947. The van der Waals surface area contributed by atoms with Crippen LogP contribution in [0.1, 0.15) is 0 Å². The van der Waals surface area contributed by atoms with Crippen molar-refractivity contribution in [3.05, 3.63) is 34.0 Å². The molecule has 0 spiro atoms. The standard InChI is InChI=1S/C7H4N2O2S/c10-9(11)6-4-12-7-3-8-2-1-5(6)7/h1-4H. The highest BCUT2D eigenvalue weighted by molar-refractivity contribution is 7.17. The van der Waals surface area contributed by atoms with Gasteiger partial charge in [0.1, 0.15) is 0 Å². The molecule has 0 aromatic carbocycles. The molecule has 0 aliphatic carbocycles. The van der Waals surface area contributed by atoms with Gasteiger partial charge in [-0.2, -0.15) is 0 Å². The number of aromatic nitrogens is 1. The van der Waals surface area contributed by atoms with E-state index in [0.717, 1.165) is 4.70 Å². The normalized spacial score (nSPS) is 10.3. The molecule has 0 saturated heterocycles. The molecular formula is C7H4N2O2S. The molecule has 0 radical (unpaired) electrons. The lowest BCUT2D eigenvalue weighted by molar-refractivity contribution is -0.382. The average molecular weight is 180 g/mol. The Kier molecular flexibility index (Phi) is 1.51. The maximum absolute atomic E-state index is 10.5. The number of hydrogen-bond donors (Lipinski definition) is 0. The van der Waals surface area contributed by atoms with Crippen molar-refractivity contribution in [1.29, 1.82) is 0 Å². The van der Waals surface area contributed by atoms with Crippen LogP contribution in [0.2, 0.25) is 0 Å². The first kappa shape index (κ1) is 7.17. The second-order valence-electron chi connectivity index (χ2n) is 2.25. The predicted octanol–water partition coefficient (Wildman–Crippen LogP) is 2.20. The van der Waals surface area contributed by atoms with Gasteiger partial charge in [0, 0.05) is 12.4 Å². The third-order valence-corrected chi connectivity index (χ3v) is 2.48. The first-order chi connectivity index (χ1) is 5.79. The lowest BCUT2D eigenvalue weighted by atomic mass is 10.3. The summed E-state index contributed by atoms with van der Waals surface area (Å²) in [6.45, 7) is 0. The number of pyridine rings is 1. The van der Waals surface area contributed by atoms with Crippen LogP contribution in [0.4, 0.5) is 5.69 Å². The van der Waals surface area contributed by atoms with Crippen molar-refractivity contribution in [2.24, 2.45) is 0 Å². The van der Waals surface area contributed by atoms with E-state index in [4.69, 9.17) is 0 Å². The summed E-state index contributed by atoms with van der Waals surface area (Å²) in [4.78, 5) is 14.0. The van der Waals surface area contributed by atoms with E-state index >= 15 is 0 Å². The molecule has 0 fully saturated rings. The van der Waals surface area contributed by atoms with Crippen LogP contribution in [-0.4, -0.2) is 9.91 Å². The van der Waals surface area contributed by atoms with E-state index in [9.17, 15) is 10.1 Å². The summed E-state index contributed by atoms with van der Waals surface area (Å²) >= 11 is 1.34. The Balaban J connectivity index is 2.79. The summed E-state index contributed by atoms with van der Waals surface area (Å²) in [7, 11) is 0. The topological polar surface area (TPSA) is 56.0 Å². The molecule has 0 saturated carbocycles. The highest BCUT2D eigenvalue weighted by atomic mass is 32.1. The molecule has 12 heavy (non-hydrogen) atoms. The Morgan fingerprint density at radius 1 is 1.58 bits per heavy atom. The van der Waals surface area contributed by atoms with E-state index < -0.39 is 0 Å². The lowest BCUT2D eigenvalue weighted by Gasteiger charge is -1.86. The summed E-state index contributed by atoms with van der Waals surface area (Å²) in [5.74, 6) is 0. The fourth-order valence-corrected chi connectivity index (χ4v) is 1.88. The van der Waals surface area contributed by atoms with Crippen LogP contribution >= 0.6 is 11.3 Å². The van der Waals surface area contributed by atoms with Crippen molar-refractivity contribution in [2.75, 3.05) is 0 Å². The van der Waals surface area contributed by atoms with Gasteiger partial charge in [-0.3, -0.25) is 15.1 Å². The summed E-state index contributed by atoms with van der Waals surface area (Å²) in [6.07, 6.45) is 3.19. The molecule has 0 aliphatic rings. The minimum Gasteiger partial charge on any atom is -0.263 e. The lowest BCUT2D eigenvalue weighted by Crippen LogP contribution is -1.84. The minimum atomic E-state index is -0.376. The molecule has 0 unspecified atom stereocenters. The van der Waals surface area contributed by atoms with E-state index in [2.05, 4.69) is 4.98 Å². The summed E-state index contributed by atoms with van der Waals surface area (Å²) < 4.78 is 0.851. The van der Waals surface area contributed by atoms with Gasteiger partial charge < -0.3 is 0 Å².